The van der Waals surface area contributed by atoms with Crippen molar-refractivity contribution in [1.82, 2.24) is 24.9 Å². The predicted molar refractivity (Wildman–Crippen MR) is 135 cm³/mol. The topological polar surface area (TPSA) is 70.5 Å². The summed E-state index contributed by atoms with van der Waals surface area (Å²) in [6.45, 7) is 6.78. The Kier molecular flexibility index (Phi) is 6.95. The summed E-state index contributed by atoms with van der Waals surface area (Å²) in [7, 11) is 0. The maximum absolute atomic E-state index is 13.2. The molecule has 5 rings (SSSR count). The van der Waals surface area contributed by atoms with Gasteiger partial charge < -0.3 is 10.2 Å². The predicted octanol–water partition coefficient (Wildman–Crippen LogP) is 3.63. The average molecular weight is 472 g/mol. The number of amides is 2. The molecule has 182 valence electrons. The van der Waals surface area contributed by atoms with E-state index in [1.807, 2.05) is 11.0 Å². The Morgan fingerprint density at radius 2 is 1.66 bits per heavy atom. The molecule has 1 fully saturated rings. The number of rotatable bonds is 6. The molecule has 35 heavy (non-hydrogen) atoms. The Balaban J connectivity index is 1.18. The Morgan fingerprint density at radius 1 is 0.943 bits per heavy atom. The van der Waals surface area contributed by atoms with Gasteiger partial charge in [-0.25, -0.2) is 0 Å². The van der Waals surface area contributed by atoms with Gasteiger partial charge in [-0.2, -0.15) is 5.10 Å². The van der Waals surface area contributed by atoms with Gasteiger partial charge in [0.15, 0.2) is 5.69 Å². The van der Waals surface area contributed by atoms with Gasteiger partial charge in [-0.15, -0.1) is 0 Å². The summed E-state index contributed by atoms with van der Waals surface area (Å²) in [5, 5.41) is 7.65. The van der Waals surface area contributed by atoms with Crippen LogP contribution in [0.5, 0.6) is 0 Å². The van der Waals surface area contributed by atoms with E-state index >= 15 is 0 Å². The molecule has 2 amide bonds. The Bertz CT molecular complexity index is 1160. The van der Waals surface area contributed by atoms with Crippen LogP contribution in [0.25, 0.3) is 0 Å². The fourth-order valence-corrected chi connectivity index (χ4v) is 4.95. The first kappa shape index (κ1) is 23.3. The molecular formula is C28H33N5O2. The molecule has 3 heterocycles. The van der Waals surface area contributed by atoms with E-state index in [4.69, 9.17) is 0 Å². The van der Waals surface area contributed by atoms with E-state index in [9.17, 15) is 9.59 Å². The summed E-state index contributed by atoms with van der Waals surface area (Å²) >= 11 is 0. The monoisotopic (exact) mass is 471 g/mol. The molecule has 1 aromatic heterocycles. The van der Waals surface area contributed by atoms with Gasteiger partial charge in [0, 0.05) is 51.4 Å². The fraction of sp³-hybridized carbons (Fsp3) is 0.393. The lowest BCUT2D eigenvalue weighted by Gasteiger charge is -2.32. The number of carbonyl (C=O) groups is 2. The molecular weight excluding hydrogens is 438 g/mol. The van der Waals surface area contributed by atoms with E-state index in [1.165, 1.54) is 11.1 Å². The zero-order valence-corrected chi connectivity index (χ0v) is 20.3. The Hall–Kier alpha value is -3.45. The van der Waals surface area contributed by atoms with Crippen LogP contribution in [0.3, 0.4) is 0 Å². The lowest BCUT2D eigenvalue weighted by molar-refractivity contribution is 0.0745. The van der Waals surface area contributed by atoms with Crippen LogP contribution in [-0.2, 0) is 19.6 Å². The highest BCUT2D eigenvalue weighted by molar-refractivity contribution is 5.98. The van der Waals surface area contributed by atoms with Crippen molar-refractivity contribution < 1.29 is 9.59 Å². The molecule has 0 atom stereocenters. The summed E-state index contributed by atoms with van der Waals surface area (Å²) in [6, 6.07) is 20.5. The maximum Gasteiger partial charge on any atom is 0.272 e. The van der Waals surface area contributed by atoms with Crippen LogP contribution < -0.4 is 5.32 Å². The van der Waals surface area contributed by atoms with Crippen LogP contribution >= 0.6 is 0 Å². The Labute approximate surface area is 206 Å². The molecule has 1 saturated heterocycles. The van der Waals surface area contributed by atoms with Crippen LogP contribution in [0.15, 0.2) is 60.7 Å². The lowest BCUT2D eigenvalue weighted by Crippen LogP contribution is -2.44. The van der Waals surface area contributed by atoms with Gasteiger partial charge in [0.2, 0.25) is 0 Å². The number of fused-ring (bicyclic) bond motifs is 1. The average Bonchev–Trinajstić information content (AvgIpc) is 3.25. The molecule has 0 spiro atoms. The largest absolute Gasteiger partial charge is 0.348 e. The van der Waals surface area contributed by atoms with Gasteiger partial charge in [-0.1, -0.05) is 60.2 Å². The number of aromatic nitrogens is 2. The molecule has 2 aromatic carbocycles. The number of hydrogen-bond donors (Lipinski definition) is 1. The van der Waals surface area contributed by atoms with E-state index in [1.54, 1.807) is 10.7 Å². The van der Waals surface area contributed by atoms with E-state index in [0.717, 1.165) is 44.5 Å². The van der Waals surface area contributed by atoms with Gasteiger partial charge in [0.05, 0.1) is 0 Å². The van der Waals surface area contributed by atoms with Gasteiger partial charge >= 0.3 is 0 Å². The summed E-state index contributed by atoms with van der Waals surface area (Å²) in [4.78, 5) is 30.5. The van der Waals surface area contributed by atoms with E-state index in [2.05, 4.69) is 70.8 Å². The third-order valence-electron chi connectivity index (χ3n) is 6.98. The van der Waals surface area contributed by atoms with Crippen molar-refractivity contribution in [2.45, 2.75) is 51.9 Å². The third-order valence-corrected chi connectivity index (χ3v) is 6.98. The summed E-state index contributed by atoms with van der Waals surface area (Å²) in [5.74, 6) is -0.256. The summed E-state index contributed by atoms with van der Waals surface area (Å²) < 4.78 is 1.70. The van der Waals surface area contributed by atoms with Crippen molar-refractivity contribution in [2.75, 3.05) is 19.6 Å². The highest BCUT2D eigenvalue weighted by atomic mass is 16.2. The van der Waals surface area contributed by atoms with E-state index in [0.29, 0.717) is 31.0 Å². The second-order valence-electron chi connectivity index (χ2n) is 9.71. The minimum atomic E-state index is -0.190. The van der Waals surface area contributed by atoms with Crippen LogP contribution in [-0.4, -0.2) is 57.1 Å². The summed E-state index contributed by atoms with van der Waals surface area (Å²) in [6.07, 6.45) is 2.64. The third kappa shape index (κ3) is 5.62. The zero-order valence-electron chi connectivity index (χ0n) is 20.3. The van der Waals surface area contributed by atoms with Crippen LogP contribution in [0.1, 0.15) is 56.9 Å². The highest BCUT2D eigenvalue weighted by Gasteiger charge is 2.28. The first-order chi connectivity index (χ1) is 17.0. The molecule has 1 N–H and O–H groups in total. The molecule has 2 aliphatic heterocycles. The second kappa shape index (κ2) is 10.4. The number of nitrogens with one attached hydrogen (secondary N) is 1. The van der Waals surface area contributed by atoms with Crippen LogP contribution in [0.2, 0.25) is 0 Å². The molecule has 0 aliphatic carbocycles. The molecule has 0 radical (unpaired) electrons. The minimum absolute atomic E-state index is 0.0659. The van der Waals surface area contributed by atoms with Gasteiger partial charge in [0.1, 0.15) is 5.69 Å². The first-order valence-corrected chi connectivity index (χ1v) is 12.5. The molecule has 7 heteroatoms. The van der Waals surface area contributed by atoms with Crippen molar-refractivity contribution in [3.8, 4) is 0 Å². The van der Waals surface area contributed by atoms with Crippen LogP contribution in [0.4, 0.5) is 0 Å². The molecule has 0 unspecified atom stereocenters. The van der Waals surface area contributed by atoms with Crippen molar-refractivity contribution in [3.63, 3.8) is 0 Å². The first-order valence-electron chi connectivity index (χ1n) is 12.5. The van der Waals surface area contributed by atoms with E-state index < -0.39 is 0 Å². The second-order valence-corrected chi connectivity index (χ2v) is 9.71. The molecule has 7 nitrogen and oxygen atoms in total. The fourth-order valence-electron chi connectivity index (χ4n) is 4.95. The molecule has 0 bridgehead atoms. The number of aryl methyl sites for hydroxylation is 2. The van der Waals surface area contributed by atoms with E-state index in [-0.39, 0.29) is 17.9 Å². The quantitative estimate of drug-likeness (QED) is 0.596. The standard InChI is InChI=1S/C28H33N5O2/c1-21-8-10-23(11-9-21)20-32-14-5-15-33-26(28(32)35)18-25(30-33)27(34)29-24-12-16-31(17-13-24)19-22-6-3-2-4-7-22/h2-4,6-11,18,24H,5,12-17,19-20H2,1H3,(H,29,34). The van der Waals surface area contributed by atoms with Crippen molar-refractivity contribution in [3.05, 3.63) is 88.7 Å². The van der Waals surface area contributed by atoms with Gasteiger partial charge in [-0.05, 0) is 37.3 Å². The smallest absolute Gasteiger partial charge is 0.272 e. The number of carbonyl (C=O) groups excluding carboxylic acids is 2. The van der Waals surface area contributed by atoms with Crippen molar-refractivity contribution in [2.24, 2.45) is 0 Å². The number of nitrogens with zero attached hydrogens (tertiary/aromatic N) is 4. The molecule has 2 aliphatic rings. The lowest BCUT2D eigenvalue weighted by atomic mass is 10.0. The van der Waals surface area contributed by atoms with Crippen LogP contribution in [0, 0.1) is 6.92 Å². The van der Waals surface area contributed by atoms with Crippen molar-refractivity contribution in [1.29, 1.82) is 0 Å². The number of piperidine rings is 1. The molecule has 3 aromatic rings. The Morgan fingerprint density at radius 3 is 2.40 bits per heavy atom. The minimum Gasteiger partial charge on any atom is -0.348 e. The summed E-state index contributed by atoms with van der Waals surface area (Å²) in [5.41, 5.74) is 4.45. The van der Waals surface area contributed by atoms with Gasteiger partial charge in [0.25, 0.3) is 11.8 Å². The number of likely N-dealkylation sites (tertiary alicyclic amines) is 1. The SMILES string of the molecule is Cc1ccc(CN2CCCn3nc(C(=O)NC4CCN(Cc5ccccc5)CC4)cc3C2=O)cc1. The number of benzene rings is 2. The molecule has 0 saturated carbocycles. The normalized spacial score (nSPS) is 17.2. The maximum atomic E-state index is 13.2. The van der Waals surface area contributed by atoms with Crippen molar-refractivity contribution >= 4 is 11.8 Å². The number of hydrogen-bond acceptors (Lipinski definition) is 4. The van der Waals surface area contributed by atoms with Gasteiger partial charge in [-0.3, -0.25) is 19.2 Å². The zero-order chi connectivity index (χ0) is 24.2. The highest BCUT2D eigenvalue weighted by Crippen LogP contribution is 2.18.